The smallest absolute Gasteiger partial charge is 0.407 e. The summed E-state index contributed by atoms with van der Waals surface area (Å²) in [4.78, 5) is 11.6. The normalized spacial score (nSPS) is 11.0. The summed E-state index contributed by atoms with van der Waals surface area (Å²) in [6.07, 6.45) is 4.53. The van der Waals surface area contributed by atoms with E-state index in [1.807, 2.05) is 60.7 Å². The molecule has 0 bridgehead atoms. The van der Waals surface area contributed by atoms with Gasteiger partial charge in [-0.05, 0) is 11.1 Å². The Morgan fingerprint density at radius 2 is 1.78 bits per heavy atom. The molecule has 0 unspecified atom stereocenters. The minimum Gasteiger partial charge on any atom is -0.445 e. The zero-order valence-electron chi connectivity index (χ0n) is 12.6. The van der Waals surface area contributed by atoms with Crippen LogP contribution < -0.4 is 5.32 Å². The zero-order chi connectivity index (χ0) is 16.3. The van der Waals surface area contributed by atoms with E-state index in [1.54, 1.807) is 6.08 Å². The maximum atomic E-state index is 11.6. The number of rotatable bonds is 6. The number of benzene rings is 2. The van der Waals surface area contributed by atoms with Gasteiger partial charge in [0.15, 0.2) is 0 Å². The molecule has 0 aliphatic carbocycles. The molecule has 2 aromatic carbocycles. The van der Waals surface area contributed by atoms with Crippen molar-refractivity contribution in [2.24, 2.45) is 5.16 Å². The number of hydrogen-bond donors (Lipinski definition) is 2. The molecule has 1 amide bonds. The molecule has 118 valence electrons. The van der Waals surface area contributed by atoms with E-state index in [0.29, 0.717) is 6.54 Å². The average molecular weight is 310 g/mol. The molecular formula is C18H18N2O3. The molecule has 5 heteroatoms. The summed E-state index contributed by atoms with van der Waals surface area (Å²) < 4.78 is 5.10. The number of ether oxygens (including phenoxy) is 1. The van der Waals surface area contributed by atoms with Crippen LogP contribution in [0.2, 0.25) is 0 Å². The van der Waals surface area contributed by atoms with Crippen LogP contribution in [-0.4, -0.2) is 24.1 Å². The summed E-state index contributed by atoms with van der Waals surface area (Å²) in [6.45, 7) is 0.588. The summed E-state index contributed by atoms with van der Waals surface area (Å²) >= 11 is 0. The molecule has 0 fully saturated rings. The van der Waals surface area contributed by atoms with Gasteiger partial charge in [-0.3, -0.25) is 0 Å². The van der Waals surface area contributed by atoms with E-state index >= 15 is 0 Å². The molecule has 2 aromatic rings. The van der Waals surface area contributed by atoms with Gasteiger partial charge in [0, 0.05) is 12.1 Å². The highest BCUT2D eigenvalue weighted by atomic mass is 16.5. The van der Waals surface area contributed by atoms with E-state index in [-0.39, 0.29) is 6.61 Å². The van der Waals surface area contributed by atoms with Crippen molar-refractivity contribution >= 4 is 18.4 Å². The molecule has 0 atom stereocenters. The predicted octanol–water partition coefficient (Wildman–Crippen LogP) is 3.43. The van der Waals surface area contributed by atoms with Crippen LogP contribution in [0.25, 0.3) is 6.08 Å². The molecule has 0 spiro atoms. The standard InChI is InChI=1S/C18H18N2O3/c21-18(23-14-15-7-2-1-3-8-15)19-12-6-11-16-9-4-5-10-17(16)13-20-22/h1-11,13,22H,12,14H2,(H,19,21). The number of oxime groups is 1. The summed E-state index contributed by atoms with van der Waals surface area (Å²) in [5.41, 5.74) is 2.62. The Hall–Kier alpha value is -3.08. The van der Waals surface area contributed by atoms with E-state index in [4.69, 9.17) is 9.94 Å². The molecule has 2 N–H and O–H groups in total. The first-order chi connectivity index (χ1) is 11.3. The second kappa shape index (κ2) is 9.04. The van der Waals surface area contributed by atoms with Gasteiger partial charge in [0.1, 0.15) is 6.61 Å². The van der Waals surface area contributed by atoms with Crippen molar-refractivity contribution in [3.05, 3.63) is 77.4 Å². The molecule has 0 saturated carbocycles. The van der Waals surface area contributed by atoms with E-state index in [2.05, 4.69) is 10.5 Å². The molecule has 5 nitrogen and oxygen atoms in total. The Labute approximate surface area is 134 Å². The highest BCUT2D eigenvalue weighted by Gasteiger charge is 2.00. The first-order valence-corrected chi connectivity index (χ1v) is 7.17. The monoisotopic (exact) mass is 310 g/mol. The third kappa shape index (κ3) is 5.67. The average Bonchev–Trinajstić information content (AvgIpc) is 2.59. The predicted molar refractivity (Wildman–Crippen MR) is 89.5 cm³/mol. The number of carbonyl (C=O) groups excluding carboxylic acids is 1. The summed E-state index contributed by atoms with van der Waals surface area (Å²) in [6, 6.07) is 17.0. The second-order valence-corrected chi connectivity index (χ2v) is 4.72. The Morgan fingerprint density at radius 3 is 2.52 bits per heavy atom. The van der Waals surface area contributed by atoms with Gasteiger partial charge in [-0.2, -0.15) is 0 Å². The van der Waals surface area contributed by atoms with Crippen molar-refractivity contribution in [3.63, 3.8) is 0 Å². The molecule has 0 aromatic heterocycles. The highest BCUT2D eigenvalue weighted by Crippen LogP contribution is 2.08. The van der Waals surface area contributed by atoms with Gasteiger partial charge >= 0.3 is 6.09 Å². The molecular weight excluding hydrogens is 292 g/mol. The van der Waals surface area contributed by atoms with Gasteiger partial charge in [-0.1, -0.05) is 71.9 Å². The van der Waals surface area contributed by atoms with Gasteiger partial charge < -0.3 is 15.3 Å². The molecule has 0 aliphatic heterocycles. The highest BCUT2D eigenvalue weighted by molar-refractivity contribution is 5.85. The van der Waals surface area contributed by atoms with E-state index in [0.717, 1.165) is 16.7 Å². The van der Waals surface area contributed by atoms with Crippen molar-refractivity contribution in [1.82, 2.24) is 5.32 Å². The van der Waals surface area contributed by atoms with Crippen LogP contribution >= 0.6 is 0 Å². The van der Waals surface area contributed by atoms with Crippen molar-refractivity contribution < 1.29 is 14.7 Å². The van der Waals surface area contributed by atoms with Crippen LogP contribution in [0.3, 0.4) is 0 Å². The Bertz CT molecular complexity index is 682. The first-order valence-electron chi connectivity index (χ1n) is 7.17. The van der Waals surface area contributed by atoms with Crippen molar-refractivity contribution in [2.45, 2.75) is 6.61 Å². The van der Waals surface area contributed by atoms with Crippen molar-refractivity contribution in [1.29, 1.82) is 0 Å². The topological polar surface area (TPSA) is 70.9 Å². The van der Waals surface area contributed by atoms with Crippen LogP contribution in [0.4, 0.5) is 4.79 Å². The molecule has 0 radical (unpaired) electrons. The number of nitrogens with one attached hydrogen (secondary N) is 1. The fourth-order valence-electron chi connectivity index (χ4n) is 1.94. The summed E-state index contributed by atoms with van der Waals surface area (Å²) in [7, 11) is 0. The minimum atomic E-state index is -0.469. The fourth-order valence-corrected chi connectivity index (χ4v) is 1.94. The summed E-state index contributed by atoms with van der Waals surface area (Å²) in [5, 5.41) is 14.3. The molecule has 0 saturated heterocycles. The number of carbonyl (C=O) groups is 1. The lowest BCUT2D eigenvalue weighted by molar-refractivity contribution is 0.141. The minimum absolute atomic E-state index is 0.242. The number of hydrogen-bond acceptors (Lipinski definition) is 4. The third-order valence-corrected chi connectivity index (χ3v) is 3.07. The van der Waals surface area contributed by atoms with E-state index in [9.17, 15) is 4.79 Å². The van der Waals surface area contributed by atoms with Crippen LogP contribution in [0.5, 0.6) is 0 Å². The molecule has 0 heterocycles. The van der Waals surface area contributed by atoms with Gasteiger partial charge in [-0.15, -0.1) is 0 Å². The number of amides is 1. The summed E-state index contributed by atoms with van der Waals surface area (Å²) in [5.74, 6) is 0. The van der Waals surface area contributed by atoms with Crippen LogP contribution in [0.15, 0.2) is 65.8 Å². The van der Waals surface area contributed by atoms with Crippen LogP contribution in [0.1, 0.15) is 16.7 Å². The second-order valence-electron chi connectivity index (χ2n) is 4.72. The number of alkyl carbamates (subject to hydrolysis) is 1. The fraction of sp³-hybridized carbons (Fsp3) is 0.111. The van der Waals surface area contributed by atoms with Gasteiger partial charge in [0.25, 0.3) is 0 Å². The Kier molecular flexibility index (Phi) is 6.41. The lowest BCUT2D eigenvalue weighted by atomic mass is 10.1. The van der Waals surface area contributed by atoms with Gasteiger partial charge in [-0.25, -0.2) is 4.79 Å². The van der Waals surface area contributed by atoms with Crippen molar-refractivity contribution in [2.75, 3.05) is 6.54 Å². The first kappa shape index (κ1) is 16.3. The van der Waals surface area contributed by atoms with Crippen molar-refractivity contribution in [3.8, 4) is 0 Å². The molecule has 0 aliphatic rings. The molecule has 23 heavy (non-hydrogen) atoms. The van der Waals surface area contributed by atoms with Crippen LogP contribution in [0, 0.1) is 0 Å². The molecule has 2 rings (SSSR count). The quantitative estimate of drug-likeness (QED) is 0.488. The number of nitrogens with zero attached hydrogens (tertiary/aromatic N) is 1. The lowest BCUT2D eigenvalue weighted by Crippen LogP contribution is -2.24. The third-order valence-electron chi connectivity index (χ3n) is 3.07. The Morgan fingerprint density at radius 1 is 1.09 bits per heavy atom. The zero-order valence-corrected chi connectivity index (χ0v) is 12.6. The SMILES string of the molecule is O=C(NCC=Cc1ccccc1C=NO)OCc1ccccc1. The van der Waals surface area contributed by atoms with E-state index < -0.39 is 6.09 Å². The van der Waals surface area contributed by atoms with E-state index in [1.165, 1.54) is 6.21 Å². The Balaban J connectivity index is 1.77. The lowest BCUT2D eigenvalue weighted by Gasteiger charge is -2.05. The van der Waals surface area contributed by atoms with Gasteiger partial charge in [0.2, 0.25) is 0 Å². The largest absolute Gasteiger partial charge is 0.445 e. The van der Waals surface area contributed by atoms with Gasteiger partial charge in [0.05, 0.1) is 6.21 Å². The van der Waals surface area contributed by atoms with Crippen LogP contribution in [-0.2, 0) is 11.3 Å². The maximum absolute atomic E-state index is 11.6. The maximum Gasteiger partial charge on any atom is 0.407 e.